The van der Waals surface area contributed by atoms with E-state index < -0.39 is 0 Å². The number of hydrogen-bond acceptors (Lipinski definition) is 4. The highest BCUT2D eigenvalue weighted by Gasteiger charge is 2.10. The van der Waals surface area contributed by atoms with E-state index in [2.05, 4.69) is 22.0 Å². The molecule has 4 nitrogen and oxygen atoms in total. The first-order valence-corrected chi connectivity index (χ1v) is 6.79. The largest absolute Gasteiger partial charge is 0.497 e. The highest BCUT2D eigenvalue weighted by atomic mass is 16.5. The van der Waals surface area contributed by atoms with Gasteiger partial charge in [-0.1, -0.05) is 6.07 Å². The minimum absolute atomic E-state index is 0.671. The molecule has 20 heavy (non-hydrogen) atoms. The molecule has 4 heteroatoms. The summed E-state index contributed by atoms with van der Waals surface area (Å²) in [5.41, 5.74) is 8.88. The van der Waals surface area contributed by atoms with Gasteiger partial charge in [0.25, 0.3) is 0 Å². The number of nitrogens with two attached hydrogens (primary N) is 1. The quantitative estimate of drug-likeness (QED) is 0.877. The highest BCUT2D eigenvalue weighted by Crippen LogP contribution is 2.28. The van der Waals surface area contributed by atoms with Crippen molar-refractivity contribution in [2.24, 2.45) is 5.73 Å². The topological polar surface area (TPSA) is 51.4 Å². The van der Waals surface area contributed by atoms with E-state index in [4.69, 9.17) is 10.5 Å². The fourth-order valence-electron chi connectivity index (χ4n) is 2.13. The zero-order chi connectivity index (χ0) is 14.4. The summed E-state index contributed by atoms with van der Waals surface area (Å²) in [6, 6.07) is 12.2. The number of pyridine rings is 1. The van der Waals surface area contributed by atoms with Crippen molar-refractivity contribution in [3.05, 3.63) is 48.3 Å². The van der Waals surface area contributed by atoms with Gasteiger partial charge in [0.05, 0.1) is 7.11 Å². The van der Waals surface area contributed by atoms with Crippen LogP contribution in [0.5, 0.6) is 5.75 Å². The molecule has 0 aliphatic rings. The Morgan fingerprint density at radius 2 is 2.00 bits per heavy atom. The Balaban J connectivity index is 2.35. The van der Waals surface area contributed by atoms with Gasteiger partial charge in [-0.05, 0) is 44.2 Å². The molecule has 0 fully saturated rings. The van der Waals surface area contributed by atoms with Crippen molar-refractivity contribution < 1.29 is 4.74 Å². The minimum atomic E-state index is 0.671. The van der Waals surface area contributed by atoms with Crippen molar-refractivity contribution in [1.29, 1.82) is 0 Å². The van der Waals surface area contributed by atoms with Gasteiger partial charge in [0, 0.05) is 35.9 Å². The molecule has 1 heterocycles. The van der Waals surface area contributed by atoms with E-state index in [0.717, 1.165) is 35.8 Å². The van der Waals surface area contributed by atoms with Crippen molar-refractivity contribution in [3.63, 3.8) is 0 Å². The fraction of sp³-hybridized carbons (Fsp3) is 0.312. The molecule has 0 spiro atoms. The van der Waals surface area contributed by atoms with Crippen molar-refractivity contribution in [3.8, 4) is 5.75 Å². The van der Waals surface area contributed by atoms with E-state index >= 15 is 0 Å². The molecule has 1 aromatic carbocycles. The van der Waals surface area contributed by atoms with E-state index in [0.29, 0.717) is 6.54 Å². The number of ether oxygens (including phenoxy) is 1. The van der Waals surface area contributed by atoms with Crippen LogP contribution in [-0.2, 0) is 0 Å². The van der Waals surface area contributed by atoms with Crippen LogP contribution in [0.3, 0.4) is 0 Å². The molecule has 0 saturated heterocycles. The van der Waals surface area contributed by atoms with Crippen LogP contribution < -0.4 is 15.4 Å². The van der Waals surface area contributed by atoms with Crippen molar-refractivity contribution in [2.75, 3.05) is 25.1 Å². The third-order valence-corrected chi connectivity index (χ3v) is 3.14. The highest BCUT2D eigenvalue weighted by molar-refractivity contribution is 5.64. The van der Waals surface area contributed by atoms with E-state index in [1.807, 2.05) is 37.4 Å². The molecule has 106 valence electrons. The lowest BCUT2D eigenvalue weighted by molar-refractivity contribution is 0.415. The van der Waals surface area contributed by atoms with Crippen molar-refractivity contribution in [1.82, 2.24) is 4.98 Å². The van der Waals surface area contributed by atoms with Gasteiger partial charge in [0.1, 0.15) is 5.75 Å². The average molecular weight is 271 g/mol. The Morgan fingerprint density at radius 1 is 1.20 bits per heavy atom. The third kappa shape index (κ3) is 3.48. The lowest BCUT2D eigenvalue weighted by atomic mass is 10.2. The molecule has 2 N–H and O–H groups in total. The smallest absolute Gasteiger partial charge is 0.120 e. The molecule has 0 aliphatic heterocycles. The van der Waals surface area contributed by atoms with Gasteiger partial charge in [-0.15, -0.1) is 0 Å². The normalized spacial score (nSPS) is 10.3. The first-order chi connectivity index (χ1) is 9.74. The number of nitrogens with zero attached hydrogens (tertiary/aromatic N) is 2. The second-order valence-electron chi connectivity index (χ2n) is 4.65. The van der Waals surface area contributed by atoms with Crippen LogP contribution >= 0.6 is 0 Å². The molecular formula is C16H21N3O. The van der Waals surface area contributed by atoms with Gasteiger partial charge in [-0.3, -0.25) is 4.98 Å². The van der Waals surface area contributed by atoms with Gasteiger partial charge in [0.15, 0.2) is 0 Å². The molecular weight excluding hydrogens is 250 g/mol. The summed E-state index contributed by atoms with van der Waals surface area (Å²) >= 11 is 0. The predicted molar refractivity (Wildman–Crippen MR) is 82.6 cm³/mol. The first-order valence-electron chi connectivity index (χ1n) is 6.79. The number of anilines is 2. The summed E-state index contributed by atoms with van der Waals surface area (Å²) in [6.45, 7) is 3.54. The van der Waals surface area contributed by atoms with Crippen molar-refractivity contribution in [2.45, 2.75) is 13.3 Å². The van der Waals surface area contributed by atoms with E-state index in [1.54, 1.807) is 7.11 Å². The monoisotopic (exact) mass is 271 g/mol. The molecule has 0 saturated carbocycles. The van der Waals surface area contributed by atoms with Gasteiger partial charge in [0.2, 0.25) is 0 Å². The Hall–Kier alpha value is -2.07. The Labute approximate surface area is 120 Å². The number of methoxy groups -OCH3 is 1. The molecule has 0 aliphatic carbocycles. The van der Waals surface area contributed by atoms with E-state index in [-0.39, 0.29) is 0 Å². The van der Waals surface area contributed by atoms with Crippen LogP contribution in [-0.4, -0.2) is 25.2 Å². The van der Waals surface area contributed by atoms with Gasteiger partial charge in [-0.25, -0.2) is 0 Å². The summed E-state index contributed by atoms with van der Waals surface area (Å²) in [5.74, 6) is 0.853. The zero-order valence-electron chi connectivity index (χ0n) is 12.0. The molecule has 0 radical (unpaired) electrons. The maximum atomic E-state index is 5.66. The van der Waals surface area contributed by atoms with Crippen LogP contribution in [0.1, 0.15) is 12.1 Å². The van der Waals surface area contributed by atoms with E-state index in [9.17, 15) is 0 Å². The molecule has 2 rings (SSSR count). The van der Waals surface area contributed by atoms with Crippen LogP contribution in [0.25, 0.3) is 0 Å². The second-order valence-corrected chi connectivity index (χ2v) is 4.65. The van der Waals surface area contributed by atoms with Gasteiger partial charge >= 0.3 is 0 Å². The third-order valence-electron chi connectivity index (χ3n) is 3.14. The molecule has 0 atom stereocenters. The molecule has 2 aromatic rings. The lowest BCUT2D eigenvalue weighted by Gasteiger charge is -2.25. The molecule has 0 bridgehead atoms. The molecule has 0 amide bonds. The van der Waals surface area contributed by atoms with Crippen LogP contribution in [0.2, 0.25) is 0 Å². The summed E-state index contributed by atoms with van der Waals surface area (Å²) in [4.78, 5) is 6.49. The number of benzene rings is 1. The number of rotatable bonds is 6. The van der Waals surface area contributed by atoms with Crippen LogP contribution in [0.4, 0.5) is 11.4 Å². The van der Waals surface area contributed by atoms with Crippen LogP contribution in [0.15, 0.2) is 42.6 Å². The molecule has 1 aromatic heterocycles. The lowest BCUT2D eigenvalue weighted by Crippen LogP contribution is -2.21. The van der Waals surface area contributed by atoms with Crippen LogP contribution in [0, 0.1) is 6.92 Å². The molecule has 0 unspecified atom stereocenters. The summed E-state index contributed by atoms with van der Waals surface area (Å²) in [6.07, 6.45) is 2.76. The Bertz CT molecular complexity index is 557. The zero-order valence-corrected chi connectivity index (χ0v) is 12.0. The fourth-order valence-corrected chi connectivity index (χ4v) is 2.13. The summed E-state index contributed by atoms with van der Waals surface area (Å²) < 4.78 is 5.31. The number of hydrogen-bond donors (Lipinski definition) is 1. The maximum absolute atomic E-state index is 5.66. The standard InChI is InChI=1S/C16H21N3O/c1-13-11-15(7-9-18-13)19(10-4-8-17)14-5-3-6-16(12-14)20-2/h3,5-7,9,11-12H,4,8,10,17H2,1-2H3. The second kappa shape index (κ2) is 6.91. The Kier molecular flexibility index (Phi) is 4.96. The predicted octanol–water partition coefficient (Wildman–Crippen LogP) is 2.89. The van der Waals surface area contributed by atoms with E-state index in [1.165, 1.54) is 0 Å². The summed E-state index contributed by atoms with van der Waals surface area (Å²) in [7, 11) is 1.68. The van der Waals surface area contributed by atoms with Crippen molar-refractivity contribution >= 4 is 11.4 Å². The summed E-state index contributed by atoms with van der Waals surface area (Å²) in [5, 5.41) is 0. The first kappa shape index (κ1) is 14.3. The minimum Gasteiger partial charge on any atom is -0.497 e. The number of aryl methyl sites for hydroxylation is 1. The van der Waals surface area contributed by atoms with Gasteiger partial charge in [-0.2, -0.15) is 0 Å². The average Bonchev–Trinajstić information content (AvgIpc) is 2.48. The Morgan fingerprint density at radius 3 is 2.70 bits per heavy atom. The maximum Gasteiger partial charge on any atom is 0.120 e. The number of aromatic nitrogens is 1. The SMILES string of the molecule is COc1cccc(N(CCCN)c2ccnc(C)c2)c1. The van der Waals surface area contributed by atoms with Gasteiger partial charge < -0.3 is 15.4 Å².